The molecule has 0 aliphatic carbocycles. The van der Waals surface area contributed by atoms with Crippen molar-refractivity contribution >= 4 is 5.91 Å². The first-order valence-electron chi connectivity index (χ1n) is 6.69. The predicted molar refractivity (Wildman–Crippen MR) is 70.4 cm³/mol. The Kier molecular flexibility index (Phi) is 5.19. The number of hydrogen-bond donors (Lipinski definition) is 1. The van der Waals surface area contributed by atoms with Gasteiger partial charge in [-0.05, 0) is 11.1 Å². The topological polar surface area (TPSA) is 41.6 Å². The van der Waals surface area contributed by atoms with Crippen molar-refractivity contribution in [2.75, 3.05) is 26.3 Å². The van der Waals surface area contributed by atoms with Crippen LogP contribution in [0.4, 0.5) is 13.2 Å². The lowest BCUT2D eigenvalue weighted by Crippen LogP contribution is -2.37. The highest BCUT2D eigenvalue weighted by Crippen LogP contribution is 2.16. The van der Waals surface area contributed by atoms with Gasteiger partial charge in [-0.15, -0.1) is 0 Å². The molecule has 0 saturated carbocycles. The second-order valence-corrected chi connectivity index (χ2v) is 4.84. The molecule has 7 heteroatoms. The largest absolute Gasteiger partial charge is 0.471 e. The summed E-state index contributed by atoms with van der Waals surface area (Å²) in [5, 5.41) is 1.91. The zero-order chi connectivity index (χ0) is 15.3. The molecule has 1 heterocycles. The number of carbonyl (C=O) groups is 1. The van der Waals surface area contributed by atoms with Crippen molar-refractivity contribution in [3.05, 3.63) is 35.4 Å². The molecule has 116 valence electrons. The van der Waals surface area contributed by atoms with E-state index in [1.807, 2.05) is 17.4 Å². The first kappa shape index (κ1) is 15.8. The van der Waals surface area contributed by atoms with Gasteiger partial charge in [0.2, 0.25) is 0 Å². The molecule has 0 aromatic heterocycles. The van der Waals surface area contributed by atoms with Gasteiger partial charge in [-0.1, -0.05) is 24.3 Å². The van der Waals surface area contributed by atoms with E-state index >= 15 is 0 Å². The molecule has 1 fully saturated rings. The maximum absolute atomic E-state index is 12.2. The predicted octanol–water partition coefficient (Wildman–Crippen LogP) is 1.70. The second-order valence-electron chi connectivity index (χ2n) is 4.84. The molecule has 0 radical (unpaired) electrons. The van der Waals surface area contributed by atoms with Gasteiger partial charge in [0.15, 0.2) is 0 Å². The molecule has 1 amide bonds. The molecule has 1 aromatic carbocycles. The molecule has 1 aromatic rings. The highest BCUT2D eigenvalue weighted by molar-refractivity contribution is 5.81. The van der Waals surface area contributed by atoms with Crippen molar-refractivity contribution in [3.8, 4) is 0 Å². The van der Waals surface area contributed by atoms with Gasteiger partial charge < -0.3 is 10.1 Å². The van der Waals surface area contributed by atoms with Crippen LogP contribution in [0.15, 0.2) is 24.3 Å². The average Bonchev–Trinajstić information content (AvgIpc) is 2.46. The highest BCUT2D eigenvalue weighted by atomic mass is 19.4. The molecular formula is C14H17F3N2O2. The van der Waals surface area contributed by atoms with E-state index in [1.165, 1.54) is 0 Å². The Hall–Kier alpha value is -1.60. The first-order valence-corrected chi connectivity index (χ1v) is 6.69. The fourth-order valence-electron chi connectivity index (χ4n) is 2.16. The third-order valence-corrected chi connectivity index (χ3v) is 3.31. The number of halogens is 3. The van der Waals surface area contributed by atoms with E-state index in [2.05, 4.69) is 4.90 Å². The summed E-state index contributed by atoms with van der Waals surface area (Å²) in [4.78, 5) is 13.1. The molecule has 0 spiro atoms. The van der Waals surface area contributed by atoms with Crippen LogP contribution in [0.1, 0.15) is 11.1 Å². The average molecular weight is 302 g/mol. The third-order valence-electron chi connectivity index (χ3n) is 3.31. The molecule has 1 N–H and O–H groups in total. The molecule has 0 atom stereocenters. The Morgan fingerprint density at radius 3 is 2.43 bits per heavy atom. The standard InChI is InChI=1S/C14H17F3N2O2/c15-14(16,17)13(20)18-9-11-3-1-2-4-12(11)10-19-5-7-21-8-6-19/h1-4H,5-10H2,(H,18,20). The number of benzene rings is 1. The third kappa shape index (κ3) is 4.71. The minimum atomic E-state index is -4.85. The molecule has 1 saturated heterocycles. The summed E-state index contributed by atoms with van der Waals surface area (Å²) in [5.41, 5.74) is 1.61. The van der Waals surface area contributed by atoms with Crippen LogP contribution in [-0.2, 0) is 22.6 Å². The normalized spacial score (nSPS) is 16.7. The summed E-state index contributed by atoms with van der Waals surface area (Å²) in [7, 11) is 0. The lowest BCUT2D eigenvalue weighted by atomic mass is 10.1. The smallest absolute Gasteiger partial charge is 0.379 e. The summed E-state index contributed by atoms with van der Waals surface area (Å²) in [6.45, 7) is 3.42. The molecule has 0 bridgehead atoms. The van der Waals surface area contributed by atoms with Gasteiger partial charge >= 0.3 is 12.1 Å². The minimum absolute atomic E-state index is 0.126. The summed E-state index contributed by atoms with van der Waals surface area (Å²) >= 11 is 0. The van der Waals surface area contributed by atoms with E-state index in [9.17, 15) is 18.0 Å². The van der Waals surface area contributed by atoms with E-state index in [-0.39, 0.29) is 6.54 Å². The summed E-state index contributed by atoms with van der Waals surface area (Å²) in [5.74, 6) is -1.91. The van der Waals surface area contributed by atoms with Crippen LogP contribution < -0.4 is 5.32 Å². The number of alkyl halides is 3. The van der Waals surface area contributed by atoms with Crippen LogP contribution in [0.25, 0.3) is 0 Å². The zero-order valence-electron chi connectivity index (χ0n) is 11.4. The van der Waals surface area contributed by atoms with Crippen molar-refractivity contribution in [2.24, 2.45) is 0 Å². The summed E-state index contributed by atoms with van der Waals surface area (Å²) < 4.78 is 41.8. The number of nitrogens with one attached hydrogen (secondary N) is 1. The molecule has 0 unspecified atom stereocenters. The Morgan fingerprint density at radius 2 is 1.81 bits per heavy atom. The van der Waals surface area contributed by atoms with E-state index in [0.29, 0.717) is 25.3 Å². The molecule has 21 heavy (non-hydrogen) atoms. The van der Waals surface area contributed by atoms with Crippen LogP contribution in [0, 0.1) is 0 Å². The van der Waals surface area contributed by atoms with Gasteiger partial charge in [0.05, 0.1) is 13.2 Å². The van der Waals surface area contributed by atoms with Crippen molar-refractivity contribution < 1.29 is 22.7 Å². The van der Waals surface area contributed by atoms with Gasteiger partial charge in [-0.3, -0.25) is 9.69 Å². The quantitative estimate of drug-likeness (QED) is 0.920. The van der Waals surface area contributed by atoms with Crippen LogP contribution in [0.3, 0.4) is 0 Å². The van der Waals surface area contributed by atoms with Crippen LogP contribution >= 0.6 is 0 Å². The number of nitrogens with zero attached hydrogens (tertiary/aromatic N) is 1. The monoisotopic (exact) mass is 302 g/mol. The number of ether oxygens (including phenoxy) is 1. The molecule has 1 aliphatic heterocycles. The fourth-order valence-corrected chi connectivity index (χ4v) is 2.16. The van der Waals surface area contributed by atoms with Crippen LogP contribution in [0.2, 0.25) is 0 Å². The number of carbonyl (C=O) groups excluding carboxylic acids is 1. The number of hydrogen-bond acceptors (Lipinski definition) is 3. The van der Waals surface area contributed by atoms with Gasteiger partial charge in [0.1, 0.15) is 0 Å². The van der Waals surface area contributed by atoms with Crippen molar-refractivity contribution in [2.45, 2.75) is 19.3 Å². The van der Waals surface area contributed by atoms with Crippen LogP contribution in [-0.4, -0.2) is 43.3 Å². The van der Waals surface area contributed by atoms with Gasteiger partial charge in [0.25, 0.3) is 0 Å². The van der Waals surface area contributed by atoms with E-state index in [0.717, 1.165) is 18.7 Å². The summed E-state index contributed by atoms with van der Waals surface area (Å²) in [6, 6.07) is 7.18. The van der Waals surface area contributed by atoms with E-state index < -0.39 is 12.1 Å². The zero-order valence-corrected chi connectivity index (χ0v) is 11.4. The maximum atomic E-state index is 12.2. The second kappa shape index (κ2) is 6.91. The maximum Gasteiger partial charge on any atom is 0.471 e. The first-order chi connectivity index (χ1) is 9.97. The Morgan fingerprint density at radius 1 is 1.19 bits per heavy atom. The molecule has 2 rings (SSSR count). The number of morpholine rings is 1. The highest BCUT2D eigenvalue weighted by Gasteiger charge is 2.38. The van der Waals surface area contributed by atoms with Crippen molar-refractivity contribution in [1.29, 1.82) is 0 Å². The van der Waals surface area contributed by atoms with Crippen molar-refractivity contribution in [3.63, 3.8) is 0 Å². The lowest BCUT2D eigenvalue weighted by molar-refractivity contribution is -0.173. The van der Waals surface area contributed by atoms with Gasteiger partial charge in [-0.2, -0.15) is 13.2 Å². The van der Waals surface area contributed by atoms with Crippen LogP contribution in [0.5, 0.6) is 0 Å². The van der Waals surface area contributed by atoms with E-state index in [1.54, 1.807) is 12.1 Å². The van der Waals surface area contributed by atoms with Gasteiger partial charge in [-0.25, -0.2) is 0 Å². The fraction of sp³-hybridized carbons (Fsp3) is 0.500. The number of amides is 1. The Labute approximate surface area is 120 Å². The SMILES string of the molecule is O=C(NCc1ccccc1CN1CCOCC1)C(F)(F)F. The Bertz CT molecular complexity index is 485. The number of rotatable bonds is 4. The Balaban J connectivity index is 1.98. The van der Waals surface area contributed by atoms with E-state index in [4.69, 9.17) is 4.74 Å². The summed E-state index contributed by atoms with van der Waals surface area (Å²) in [6.07, 6.45) is -4.85. The molecule has 1 aliphatic rings. The molecule has 4 nitrogen and oxygen atoms in total. The van der Waals surface area contributed by atoms with Crippen molar-refractivity contribution in [1.82, 2.24) is 10.2 Å². The minimum Gasteiger partial charge on any atom is -0.379 e. The lowest BCUT2D eigenvalue weighted by Gasteiger charge is -2.27. The molecular weight excluding hydrogens is 285 g/mol. The van der Waals surface area contributed by atoms with Gasteiger partial charge in [0, 0.05) is 26.2 Å².